The van der Waals surface area contributed by atoms with Gasteiger partial charge in [-0.05, 0) is 48.7 Å². The van der Waals surface area contributed by atoms with Crippen LogP contribution in [0.4, 0.5) is 5.69 Å². The smallest absolute Gasteiger partial charge is 0.238 e. The molecule has 5 heteroatoms. The van der Waals surface area contributed by atoms with Crippen LogP contribution >= 0.6 is 11.6 Å². The molecule has 26 heavy (non-hydrogen) atoms. The lowest BCUT2D eigenvalue weighted by molar-refractivity contribution is -0.117. The number of aryl methyl sites for hydroxylation is 1. The van der Waals surface area contributed by atoms with Crippen LogP contribution in [0.25, 0.3) is 0 Å². The summed E-state index contributed by atoms with van der Waals surface area (Å²) < 4.78 is 0. The van der Waals surface area contributed by atoms with Gasteiger partial charge in [0, 0.05) is 43.4 Å². The second-order valence-electron chi connectivity index (χ2n) is 6.97. The Morgan fingerprint density at radius 2 is 1.65 bits per heavy atom. The van der Waals surface area contributed by atoms with Gasteiger partial charge >= 0.3 is 0 Å². The van der Waals surface area contributed by atoms with Crippen LogP contribution in [0.15, 0.2) is 42.5 Å². The van der Waals surface area contributed by atoms with E-state index in [0.29, 0.717) is 6.54 Å². The standard InChI is InChI=1S/C21H26ClN3O/c1-16-4-3-5-20(17(16)2)23-21(26)15-25-12-10-24(11-13-25)14-18-6-8-19(22)9-7-18/h3-9H,10-15H2,1-2H3,(H,23,26). The summed E-state index contributed by atoms with van der Waals surface area (Å²) in [5.74, 6) is 0.0600. The lowest BCUT2D eigenvalue weighted by Crippen LogP contribution is -2.48. The van der Waals surface area contributed by atoms with Gasteiger partial charge in [0.2, 0.25) is 5.91 Å². The average molecular weight is 372 g/mol. The maximum Gasteiger partial charge on any atom is 0.238 e. The van der Waals surface area contributed by atoms with E-state index in [9.17, 15) is 4.79 Å². The van der Waals surface area contributed by atoms with E-state index in [1.54, 1.807) is 0 Å². The summed E-state index contributed by atoms with van der Waals surface area (Å²) in [4.78, 5) is 17.0. The molecule has 0 radical (unpaired) electrons. The fourth-order valence-electron chi connectivity index (χ4n) is 3.23. The van der Waals surface area contributed by atoms with E-state index in [-0.39, 0.29) is 5.91 Å². The van der Waals surface area contributed by atoms with Crippen LogP contribution in [0.5, 0.6) is 0 Å². The van der Waals surface area contributed by atoms with Gasteiger partial charge in [-0.2, -0.15) is 0 Å². The molecule has 138 valence electrons. The van der Waals surface area contributed by atoms with E-state index >= 15 is 0 Å². The summed E-state index contributed by atoms with van der Waals surface area (Å²) in [5, 5.41) is 3.82. The molecule has 1 saturated heterocycles. The highest BCUT2D eigenvalue weighted by molar-refractivity contribution is 6.30. The monoisotopic (exact) mass is 371 g/mol. The first kappa shape index (κ1) is 18.9. The van der Waals surface area contributed by atoms with Gasteiger partial charge in [-0.3, -0.25) is 14.6 Å². The van der Waals surface area contributed by atoms with E-state index in [1.165, 1.54) is 11.1 Å². The molecule has 3 rings (SSSR count). The number of amides is 1. The van der Waals surface area contributed by atoms with Gasteiger partial charge in [-0.15, -0.1) is 0 Å². The number of halogens is 1. The minimum atomic E-state index is 0.0600. The average Bonchev–Trinajstić information content (AvgIpc) is 2.62. The lowest BCUT2D eigenvalue weighted by Gasteiger charge is -2.34. The van der Waals surface area contributed by atoms with Crippen LogP contribution in [0, 0.1) is 13.8 Å². The molecule has 1 N–H and O–H groups in total. The largest absolute Gasteiger partial charge is 0.325 e. The van der Waals surface area contributed by atoms with Crippen LogP contribution in [0.3, 0.4) is 0 Å². The highest BCUT2D eigenvalue weighted by atomic mass is 35.5. The maximum absolute atomic E-state index is 12.4. The zero-order valence-corrected chi connectivity index (χ0v) is 16.2. The van der Waals surface area contributed by atoms with Crippen molar-refractivity contribution in [3.8, 4) is 0 Å². The van der Waals surface area contributed by atoms with E-state index in [0.717, 1.165) is 49.0 Å². The Morgan fingerprint density at radius 1 is 1.00 bits per heavy atom. The summed E-state index contributed by atoms with van der Waals surface area (Å²) in [7, 11) is 0. The van der Waals surface area contributed by atoms with E-state index in [1.807, 2.05) is 31.2 Å². The van der Waals surface area contributed by atoms with E-state index in [4.69, 9.17) is 11.6 Å². The number of piperazine rings is 1. The summed E-state index contributed by atoms with van der Waals surface area (Å²) >= 11 is 5.94. The third kappa shape index (κ3) is 5.07. The van der Waals surface area contributed by atoms with Gasteiger partial charge in [0.25, 0.3) is 0 Å². The fraction of sp³-hybridized carbons (Fsp3) is 0.381. The first-order valence-electron chi connectivity index (χ1n) is 9.06. The molecular formula is C21H26ClN3O. The van der Waals surface area contributed by atoms with Crippen molar-refractivity contribution < 1.29 is 4.79 Å². The first-order valence-corrected chi connectivity index (χ1v) is 9.44. The molecule has 2 aromatic carbocycles. The predicted molar refractivity (Wildman–Crippen MR) is 108 cm³/mol. The van der Waals surface area contributed by atoms with Gasteiger partial charge in [-0.25, -0.2) is 0 Å². The number of hydrogen-bond acceptors (Lipinski definition) is 3. The van der Waals surface area contributed by atoms with E-state index in [2.05, 4.69) is 40.2 Å². The molecule has 1 aliphatic rings. The molecule has 0 bridgehead atoms. The summed E-state index contributed by atoms with van der Waals surface area (Å²) in [5.41, 5.74) is 4.51. The van der Waals surface area contributed by atoms with Gasteiger partial charge in [0.15, 0.2) is 0 Å². The minimum Gasteiger partial charge on any atom is -0.325 e. The number of anilines is 1. The van der Waals surface area contributed by atoms with Crippen LogP contribution < -0.4 is 5.32 Å². The molecule has 0 spiro atoms. The molecule has 0 saturated carbocycles. The van der Waals surface area contributed by atoms with Crippen molar-refractivity contribution >= 4 is 23.2 Å². The van der Waals surface area contributed by atoms with E-state index < -0.39 is 0 Å². The van der Waals surface area contributed by atoms with Gasteiger partial charge in [0.05, 0.1) is 6.54 Å². The SMILES string of the molecule is Cc1cccc(NC(=O)CN2CCN(Cc3ccc(Cl)cc3)CC2)c1C. The Morgan fingerprint density at radius 3 is 2.35 bits per heavy atom. The third-order valence-corrected chi connectivity index (χ3v) is 5.28. The Bertz CT molecular complexity index is 752. The number of carbonyl (C=O) groups excluding carboxylic acids is 1. The molecule has 0 atom stereocenters. The molecular weight excluding hydrogens is 346 g/mol. The molecule has 0 unspecified atom stereocenters. The Balaban J connectivity index is 1.45. The first-order chi connectivity index (χ1) is 12.5. The van der Waals surface area contributed by atoms with Crippen LogP contribution in [0.2, 0.25) is 5.02 Å². The van der Waals surface area contributed by atoms with Gasteiger partial charge < -0.3 is 5.32 Å². The number of rotatable bonds is 5. The summed E-state index contributed by atoms with van der Waals surface area (Å²) in [6.45, 7) is 9.24. The predicted octanol–water partition coefficient (Wildman–Crippen LogP) is 3.71. The number of nitrogens with zero attached hydrogens (tertiary/aromatic N) is 2. The van der Waals surface area contributed by atoms with Crippen molar-refractivity contribution in [3.63, 3.8) is 0 Å². The van der Waals surface area contributed by atoms with Crippen molar-refractivity contribution in [3.05, 3.63) is 64.2 Å². The van der Waals surface area contributed by atoms with Crippen molar-refractivity contribution in [2.45, 2.75) is 20.4 Å². The molecule has 0 aliphatic carbocycles. The lowest BCUT2D eigenvalue weighted by atomic mass is 10.1. The zero-order chi connectivity index (χ0) is 18.5. The third-order valence-electron chi connectivity index (χ3n) is 5.03. The molecule has 2 aromatic rings. The second kappa shape index (κ2) is 8.67. The highest BCUT2D eigenvalue weighted by Gasteiger charge is 2.19. The highest BCUT2D eigenvalue weighted by Crippen LogP contribution is 2.18. The molecule has 1 amide bonds. The van der Waals surface area contributed by atoms with Crippen LogP contribution in [0.1, 0.15) is 16.7 Å². The van der Waals surface area contributed by atoms with Crippen molar-refractivity contribution in [2.24, 2.45) is 0 Å². The number of carbonyl (C=O) groups is 1. The molecule has 1 fully saturated rings. The number of nitrogens with one attached hydrogen (secondary N) is 1. The molecule has 0 aromatic heterocycles. The van der Waals surface area contributed by atoms with Crippen LogP contribution in [-0.4, -0.2) is 48.4 Å². The maximum atomic E-state index is 12.4. The topological polar surface area (TPSA) is 35.6 Å². The minimum absolute atomic E-state index is 0.0600. The Kier molecular flexibility index (Phi) is 6.30. The molecule has 4 nitrogen and oxygen atoms in total. The Labute approximate surface area is 160 Å². The Hall–Kier alpha value is -1.88. The number of benzene rings is 2. The quantitative estimate of drug-likeness (QED) is 0.870. The second-order valence-corrected chi connectivity index (χ2v) is 7.41. The van der Waals surface area contributed by atoms with Gasteiger partial charge in [0.1, 0.15) is 0 Å². The molecule has 1 aliphatic heterocycles. The van der Waals surface area contributed by atoms with Crippen LogP contribution in [-0.2, 0) is 11.3 Å². The van der Waals surface area contributed by atoms with Gasteiger partial charge in [-0.1, -0.05) is 35.9 Å². The van der Waals surface area contributed by atoms with Crippen molar-refractivity contribution in [1.82, 2.24) is 9.80 Å². The number of hydrogen-bond donors (Lipinski definition) is 1. The van der Waals surface area contributed by atoms with Crippen molar-refractivity contribution in [2.75, 3.05) is 38.0 Å². The molecule has 1 heterocycles. The fourth-order valence-corrected chi connectivity index (χ4v) is 3.36. The summed E-state index contributed by atoms with van der Waals surface area (Å²) in [6.07, 6.45) is 0. The van der Waals surface area contributed by atoms with Crippen molar-refractivity contribution in [1.29, 1.82) is 0 Å². The summed E-state index contributed by atoms with van der Waals surface area (Å²) in [6, 6.07) is 14.0. The zero-order valence-electron chi connectivity index (χ0n) is 15.5. The normalized spacial score (nSPS) is 15.8.